The third kappa shape index (κ3) is 3.76. The molecule has 0 radical (unpaired) electrons. The normalized spacial score (nSPS) is 20.0. The number of pyridine rings is 1. The number of carbonyl (C=O) groups excluding carboxylic acids is 1. The minimum atomic E-state index is -3.01. The van der Waals surface area contributed by atoms with E-state index < -0.39 is 9.84 Å². The van der Waals surface area contributed by atoms with Crippen molar-refractivity contribution in [2.75, 3.05) is 18.1 Å². The van der Waals surface area contributed by atoms with Crippen LogP contribution in [0.3, 0.4) is 0 Å². The zero-order chi connectivity index (χ0) is 16.3. The summed E-state index contributed by atoms with van der Waals surface area (Å²) in [4.78, 5) is 25.8. The molecule has 122 valence electrons. The van der Waals surface area contributed by atoms with Gasteiger partial charge < -0.3 is 9.47 Å². The number of rotatable bonds is 5. The van der Waals surface area contributed by atoms with Crippen LogP contribution in [0.5, 0.6) is 0 Å². The lowest BCUT2D eigenvalue weighted by atomic mass is 10.2. The molecule has 2 heterocycles. The maximum Gasteiger partial charge on any atom is 0.250 e. The van der Waals surface area contributed by atoms with Gasteiger partial charge in [0.25, 0.3) is 5.56 Å². The van der Waals surface area contributed by atoms with Gasteiger partial charge >= 0.3 is 0 Å². The molecule has 0 N–H and O–H groups in total. The van der Waals surface area contributed by atoms with Crippen LogP contribution in [0, 0.1) is 6.92 Å². The van der Waals surface area contributed by atoms with Gasteiger partial charge in [0.1, 0.15) is 0 Å². The number of hydrogen-bond acceptors (Lipinski definition) is 4. The fraction of sp³-hybridized carbons (Fsp3) is 0.600. The predicted octanol–water partition coefficient (Wildman–Crippen LogP) is 0.582. The van der Waals surface area contributed by atoms with Gasteiger partial charge in [0.05, 0.1) is 11.5 Å². The van der Waals surface area contributed by atoms with E-state index in [4.69, 9.17) is 0 Å². The van der Waals surface area contributed by atoms with Gasteiger partial charge in [-0.05, 0) is 26.3 Å². The summed E-state index contributed by atoms with van der Waals surface area (Å²) in [5.74, 6) is 0.107. The Bertz CT molecular complexity index is 708. The molecule has 1 aromatic heterocycles. The predicted molar refractivity (Wildman–Crippen MR) is 84.5 cm³/mol. The fourth-order valence-corrected chi connectivity index (χ4v) is 4.65. The van der Waals surface area contributed by atoms with Crippen LogP contribution in [0.25, 0.3) is 0 Å². The molecule has 1 atom stereocenters. The standard InChI is InChI=1S/C15H22N2O4S/c1-3-16(13-8-10-22(20,21)11-13)15(19)7-9-17-12(2)5-4-6-14(17)18/h4-6,13H,3,7-11H2,1-2H3. The Balaban J connectivity index is 2.03. The van der Waals surface area contributed by atoms with Crippen LogP contribution >= 0.6 is 0 Å². The smallest absolute Gasteiger partial charge is 0.250 e. The minimum absolute atomic E-state index is 0.0525. The molecule has 22 heavy (non-hydrogen) atoms. The zero-order valence-electron chi connectivity index (χ0n) is 13.0. The molecular formula is C15H22N2O4S. The van der Waals surface area contributed by atoms with E-state index in [1.807, 2.05) is 19.9 Å². The maximum atomic E-state index is 12.4. The van der Waals surface area contributed by atoms with Gasteiger partial charge in [-0.2, -0.15) is 0 Å². The topological polar surface area (TPSA) is 76.5 Å². The van der Waals surface area contributed by atoms with E-state index >= 15 is 0 Å². The SMILES string of the molecule is CCN(C(=O)CCn1c(C)cccc1=O)C1CCS(=O)(=O)C1. The van der Waals surface area contributed by atoms with Crippen LogP contribution in [0.1, 0.15) is 25.5 Å². The molecule has 0 bridgehead atoms. The van der Waals surface area contributed by atoms with Crippen molar-refractivity contribution in [1.29, 1.82) is 0 Å². The zero-order valence-corrected chi connectivity index (χ0v) is 13.8. The highest BCUT2D eigenvalue weighted by atomic mass is 32.2. The maximum absolute atomic E-state index is 12.4. The van der Waals surface area contributed by atoms with Crippen LogP contribution < -0.4 is 5.56 Å². The lowest BCUT2D eigenvalue weighted by Crippen LogP contribution is -2.41. The summed E-state index contributed by atoms with van der Waals surface area (Å²) >= 11 is 0. The highest BCUT2D eigenvalue weighted by Crippen LogP contribution is 2.18. The molecule has 1 fully saturated rings. The minimum Gasteiger partial charge on any atom is -0.339 e. The van der Waals surface area contributed by atoms with Crippen molar-refractivity contribution in [3.63, 3.8) is 0 Å². The number of hydrogen-bond donors (Lipinski definition) is 0. The molecule has 0 spiro atoms. The van der Waals surface area contributed by atoms with E-state index in [2.05, 4.69) is 0 Å². The Hall–Kier alpha value is -1.63. The second-order valence-electron chi connectivity index (χ2n) is 5.64. The van der Waals surface area contributed by atoms with Crippen molar-refractivity contribution < 1.29 is 13.2 Å². The number of amides is 1. The number of aryl methyl sites for hydroxylation is 1. The number of carbonyl (C=O) groups is 1. The molecule has 2 rings (SSSR count). The summed E-state index contributed by atoms with van der Waals surface area (Å²) < 4.78 is 24.7. The van der Waals surface area contributed by atoms with Gasteiger partial charge in [-0.3, -0.25) is 9.59 Å². The molecule has 0 saturated carbocycles. The Morgan fingerprint density at radius 3 is 2.68 bits per heavy atom. The molecule has 1 aromatic rings. The molecular weight excluding hydrogens is 304 g/mol. The largest absolute Gasteiger partial charge is 0.339 e. The van der Waals surface area contributed by atoms with E-state index in [9.17, 15) is 18.0 Å². The van der Waals surface area contributed by atoms with E-state index in [0.717, 1.165) is 5.69 Å². The third-order valence-electron chi connectivity index (χ3n) is 4.13. The van der Waals surface area contributed by atoms with Crippen LogP contribution in [0.4, 0.5) is 0 Å². The first-order chi connectivity index (χ1) is 10.3. The molecule has 0 aliphatic carbocycles. The van der Waals surface area contributed by atoms with Gasteiger partial charge in [0.2, 0.25) is 5.91 Å². The first-order valence-electron chi connectivity index (χ1n) is 7.50. The van der Waals surface area contributed by atoms with Crippen molar-refractivity contribution in [3.8, 4) is 0 Å². The van der Waals surface area contributed by atoms with Crippen molar-refractivity contribution in [1.82, 2.24) is 9.47 Å². The Morgan fingerprint density at radius 2 is 2.14 bits per heavy atom. The van der Waals surface area contributed by atoms with Crippen molar-refractivity contribution in [3.05, 3.63) is 34.2 Å². The van der Waals surface area contributed by atoms with Crippen LogP contribution in [0.2, 0.25) is 0 Å². The highest BCUT2D eigenvalue weighted by molar-refractivity contribution is 7.91. The van der Waals surface area contributed by atoms with Crippen LogP contribution in [0.15, 0.2) is 23.0 Å². The summed E-state index contributed by atoms with van der Waals surface area (Å²) in [6.45, 7) is 4.48. The molecule has 7 heteroatoms. The molecule has 1 saturated heterocycles. The average molecular weight is 326 g/mol. The molecule has 1 aliphatic heterocycles. The Morgan fingerprint density at radius 1 is 1.41 bits per heavy atom. The lowest BCUT2D eigenvalue weighted by molar-refractivity contribution is -0.133. The highest BCUT2D eigenvalue weighted by Gasteiger charge is 2.33. The summed E-state index contributed by atoms with van der Waals surface area (Å²) in [7, 11) is -3.01. The van der Waals surface area contributed by atoms with Gasteiger partial charge in [0.15, 0.2) is 9.84 Å². The molecule has 6 nitrogen and oxygen atoms in total. The lowest BCUT2D eigenvalue weighted by Gasteiger charge is -2.27. The Labute approximate surface area is 130 Å². The van der Waals surface area contributed by atoms with Gasteiger partial charge in [-0.15, -0.1) is 0 Å². The van der Waals surface area contributed by atoms with E-state index in [1.165, 1.54) is 6.07 Å². The first kappa shape index (κ1) is 16.7. The first-order valence-corrected chi connectivity index (χ1v) is 9.32. The Kier molecular flexibility index (Phi) is 5.05. The van der Waals surface area contributed by atoms with Crippen LogP contribution in [-0.4, -0.2) is 47.9 Å². The molecule has 1 aliphatic rings. The van der Waals surface area contributed by atoms with Crippen molar-refractivity contribution in [2.45, 2.75) is 39.3 Å². The fourth-order valence-electron chi connectivity index (χ4n) is 2.92. The molecule has 1 amide bonds. The summed E-state index contributed by atoms with van der Waals surface area (Å²) in [6.07, 6.45) is 0.710. The number of aromatic nitrogens is 1. The summed E-state index contributed by atoms with van der Waals surface area (Å²) in [5.41, 5.74) is 0.686. The third-order valence-corrected chi connectivity index (χ3v) is 5.88. The quantitative estimate of drug-likeness (QED) is 0.793. The number of sulfone groups is 1. The van der Waals surface area contributed by atoms with Crippen molar-refractivity contribution >= 4 is 15.7 Å². The molecule has 0 aromatic carbocycles. The summed E-state index contributed by atoms with van der Waals surface area (Å²) in [5, 5.41) is 0. The number of nitrogens with zero attached hydrogens (tertiary/aromatic N) is 2. The van der Waals surface area contributed by atoms with E-state index in [-0.39, 0.29) is 35.4 Å². The van der Waals surface area contributed by atoms with E-state index in [1.54, 1.807) is 15.5 Å². The average Bonchev–Trinajstić information content (AvgIpc) is 2.79. The van der Waals surface area contributed by atoms with Gasteiger partial charge in [-0.1, -0.05) is 6.07 Å². The van der Waals surface area contributed by atoms with Crippen molar-refractivity contribution in [2.24, 2.45) is 0 Å². The molecule has 1 unspecified atom stereocenters. The second kappa shape index (κ2) is 6.64. The van der Waals surface area contributed by atoms with E-state index in [0.29, 0.717) is 19.5 Å². The van der Waals surface area contributed by atoms with Gasteiger partial charge in [0, 0.05) is 37.3 Å². The monoisotopic (exact) mass is 326 g/mol. The second-order valence-corrected chi connectivity index (χ2v) is 7.87. The van der Waals surface area contributed by atoms with Crippen LogP contribution in [-0.2, 0) is 21.2 Å². The summed E-state index contributed by atoms with van der Waals surface area (Å²) in [6, 6.07) is 4.76. The van der Waals surface area contributed by atoms with Gasteiger partial charge in [-0.25, -0.2) is 8.42 Å².